The summed E-state index contributed by atoms with van der Waals surface area (Å²) in [6.07, 6.45) is -1.14. The summed E-state index contributed by atoms with van der Waals surface area (Å²) < 4.78 is 41.4. The number of aromatic nitrogens is 1. The molecule has 0 radical (unpaired) electrons. The topological polar surface area (TPSA) is 38.1 Å². The van der Waals surface area contributed by atoms with Crippen molar-refractivity contribution in [1.29, 1.82) is 0 Å². The second kappa shape index (κ2) is 4.45. The smallest absolute Gasteiger partial charge is 0.436 e. The van der Waals surface area contributed by atoms with Crippen LogP contribution in [0.5, 0.6) is 0 Å². The number of alkyl halides is 3. The van der Waals surface area contributed by atoms with Gasteiger partial charge in [-0.2, -0.15) is 13.2 Å². The normalized spacial score (nSPS) is 22.3. The maximum Gasteiger partial charge on any atom is 0.451 e. The van der Waals surface area contributed by atoms with E-state index in [0.29, 0.717) is 12.3 Å². The summed E-state index contributed by atoms with van der Waals surface area (Å²) in [4.78, 5) is 3.66. The first-order valence-corrected chi connectivity index (χ1v) is 5.28. The molecule has 3 nitrogen and oxygen atoms in total. The molecule has 1 saturated heterocycles. The lowest BCUT2D eigenvalue weighted by Crippen LogP contribution is -2.30. The van der Waals surface area contributed by atoms with Gasteiger partial charge in [0.1, 0.15) is 0 Å². The van der Waals surface area contributed by atoms with Gasteiger partial charge in [-0.3, -0.25) is 0 Å². The van der Waals surface area contributed by atoms with Gasteiger partial charge in [-0.25, -0.2) is 4.98 Å². The van der Waals surface area contributed by atoms with Gasteiger partial charge in [-0.1, -0.05) is 0 Å². The van der Waals surface area contributed by atoms with Crippen molar-refractivity contribution in [3.05, 3.63) is 17.8 Å². The maximum absolute atomic E-state index is 12.2. The zero-order valence-electron chi connectivity index (χ0n) is 8.68. The van der Waals surface area contributed by atoms with Gasteiger partial charge >= 0.3 is 6.18 Å². The van der Waals surface area contributed by atoms with Crippen molar-refractivity contribution in [3.8, 4) is 0 Å². The van der Waals surface area contributed by atoms with Crippen LogP contribution in [0.15, 0.2) is 10.6 Å². The second-order valence-corrected chi connectivity index (χ2v) is 4.03. The number of hydrogen-bond donors (Lipinski definition) is 1. The molecule has 1 unspecified atom stereocenters. The third-order valence-corrected chi connectivity index (χ3v) is 2.70. The van der Waals surface area contributed by atoms with E-state index in [9.17, 15) is 13.2 Å². The van der Waals surface area contributed by atoms with Crippen LogP contribution in [0.25, 0.3) is 0 Å². The Morgan fingerprint density at radius 1 is 1.50 bits per heavy atom. The molecule has 2 rings (SSSR count). The van der Waals surface area contributed by atoms with Crippen LogP contribution in [0.2, 0.25) is 0 Å². The molecular formula is C10H13F3N2O. The Labute approximate surface area is 91.0 Å². The lowest BCUT2D eigenvalue weighted by atomic mass is 9.96. The van der Waals surface area contributed by atoms with E-state index < -0.39 is 11.9 Å². The average molecular weight is 234 g/mol. The van der Waals surface area contributed by atoms with Gasteiger partial charge in [-0.15, -0.1) is 0 Å². The van der Waals surface area contributed by atoms with Crippen molar-refractivity contribution in [2.45, 2.75) is 25.4 Å². The van der Waals surface area contributed by atoms with E-state index >= 15 is 0 Å². The van der Waals surface area contributed by atoms with Gasteiger partial charge in [0, 0.05) is 6.42 Å². The number of hydrogen-bond acceptors (Lipinski definition) is 3. The molecule has 0 aliphatic carbocycles. The molecule has 90 valence electrons. The van der Waals surface area contributed by atoms with Crippen LogP contribution >= 0.6 is 0 Å². The van der Waals surface area contributed by atoms with Crippen molar-refractivity contribution in [2.24, 2.45) is 5.92 Å². The predicted octanol–water partition coefficient (Wildman–Crippen LogP) is 2.24. The summed E-state index contributed by atoms with van der Waals surface area (Å²) >= 11 is 0. The molecule has 1 N–H and O–H groups in total. The number of nitrogens with one attached hydrogen (secondary N) is 1. The maximum atomic E-state index is 12.2. The Bertz CT molecular complexity index is 342. The first-order chi connectivity index (χ1) is 7.55. The van der Waals surface area contributed by atoms with Crippen molar-refractivity contribution in [3.63, 3.8) is 0 Å². The molecule has 1 aromatic heterocycles. The third-order valence-electron chi connectivity index (χ3n) is 2.70. The molecule has 0 amide bonds. The summed E-state index contributed by atoms with van der Waals surface area (Å²) in [7, 11) is 0. The van der Waals surface area contributed by atoms with E-state index in [1.54, 1.807) is 0 Å². The van der Waals surface area contributed by atoms with Gasteiger partial charge in [-0.05, 0) is 31.8 Å². The summed E-state index contributed by atoms with van der Waals surface area (Å²) in [6, 6.07) is 0. The van der Waals surface area contributed by atoms with Crippen LogP contribution in [-0.2, 0) is 12.6 Å². The third kappa shape index (κ3) is 2.75. The van der Waals surface area contributed by atoms with Crippen LogP contribution in [0.1, 0.15) is 24.5 Å². The highest BCUT2D eigenvalue weighted by molar-refractivity contribution is 4.99. The zero-order chi connectivity index (χ0) is 11.6. The highest BCUT2D eigenvalue weighted by atomic mass is 19.4. The molecule has 1 aliphatic heterocycles. The highest BCUT2D eigenvalue weighted by Crippen LogP contribution is 2.30. The van der Waals surface area contributed by atoms with Crippen LogP contribution in [0.4, 0.5) is 13.2 Å². The molecule has 16 heavy (non-hydrogen) atoms. The molecule has 0 spiro atoms. The zero-order valence-corrected chi connectivity index (χ0v) is 8.68. The number of nitrogens with zero attached hydrogens (tertiary/aromatic N) is 1. The summed E-state index contributed by atoms with van der Waals surface area (Å²) in [5, 5.41) is 3.20. The molecule has 1 atom stereocenters. The quantitative estimate of drug-likeness (QED) is 0.852. The SMILES string of the molecule is FC(F)(F)c1cnc(CC2CCCNC2)o1. The second-order valence-electron chi connectivity index (χ2n) is 4.03. The average Bonchev–Trinajstić information content (AvgIpc) is 2.67. The van der Waals surface area contributed by atoms with E-state index in [1.807, 2.05) is 0 Å². The monoisotopic (exact) mass is 234 g/mol. The first kappa shape index (κ1) is 11.4. The molecular weight excluding hydrogens is 221 g/mol. The summed E-state index contributed by atoms with van der Waals surface area (Å²) in [5.41, 5.74) is 0. The molecule has 6 heteroatoms. The fourth-order valence-electron chi connectivity index (χ4n) is 1.88. The van der Waals surface area contributed by atoms with Gasteiger partial charge in [0.2, 0.25) is 5.76 Å². The van der Waals surface area contributed by atoms with Gasteiger partial charge in [0.05, 0.1) is 6.20 Å². The van der Waals surface area contributed by atoms with Crippen molar-refractivity contribution in [2.75, 3.05) is 13.1 Å². The Morgan fingerprint density at radius 3 is 2.88 bits per heavy atom. The number of rotatable bonds is 2. The Kier molecular flexibility index (Phi) is 3.18. The van der Waals surface area contributed by atoms with E-state index in [-0.39, 0.29) is 5.89 Å². The largest absolute Gasteiger partial charge is 0.451 e. The van der Waals surface area contributed by atoms with Crippen LogP contribution in [0, 0.1) is 5.92 Å². The highest BCUT2D eigenvalue weighted by Gasteiger charge is 2.35. The van der Waals surface area contributed by atoms with E-state index in [0.717, 1.165) is 32.1 Å². The Hall–Kier alpha value is -1.04. The molecule has 1 aromatic rings. The molecule has 0 saturated carbocycles. The predicted molar refractivity (Wildman–Crippen MR) is 50.8 cm³/mol. The molecule has 0 aromatic carbocycles. The molecule has 1 fully saturated rings. The van der Waals surface area contributed by atoms with E-state index in [4.69, 9.17) is 0 Å². The number of piperidine rings is 1. The minimum Gasteiger partial charge on any atom is -0.436 e. The van der Waals surface area contributed by atoms with Gasteiger partial charge in [0.15, 0.2) is 5.89 Å². The van der Waals surface area contributed by atoms with E-state index in [1.165, 1.54) is 0 Å². The summed E-state index contributed by atoms with van der Waals surface area (Å²) in [6.45, 7) is 1.81. The van der Waals surface area contributed by atoms with Crippen LogP contribution in [-0.4, -0.2) is 18.1 Å². The minimum absolute atomic E-state index is 0.182. The Balaban J connectivity index is 1.97. The summed E-state index contributed by atoms with van der Waals surface area (Å²) in [5.74, 6) is -0.499. The molecule has 0 bridgehead atoms. The van der Waals surface area contributed by atoms with Crippen molar-refractivity contribution in [1.82, 2.24) is 10.3 Å². The van der Waals surface area contributed by atoms with Gasteiger partial charge < -0.3 is 9.73 Å². The van der Waals surface area contributed by atoms with Crippen molar-refractivity contribution < 1.29 is 17.6 Å². The standard InChI is InChI=1S/C10H13F3N2O/c11-10(12,13)8-6-15-9(16-8)4-7-2-1-3-14-5-7/h6-7,14H,1-5H2. The number of oxazole rings is 1. The lowest BCUT2D eigenvalue weighted by molar-refractivity contribution is -0.153. The molecule has 2 heterocycles. The van der Waals surface area contributed by atoms with E-state index in [2.05, 4.69) is 14.7 Å². The fraction of sp³-hybridized carbons (Fsp3) is 0.700. The van der Waals surface area contributed by atoms with Crippen LogP contribution < -0.4 is 5.32 Å². The lowest BCUT2D eigenvalue weighted by Gasteiger charge is -2.21. The first-order valence-electron chi connectivity index (χ1n) is 5.28. The van der Waals surface area contributed by atoms with Gasteiger partial charge in [0.25, 0.3) is 0 Å². The fourth-order valence-corrected chi connectivity index (χ4v) is 1.88. The molecule has 1 aliphatic rings. The van der Waals surface area contributed by atoms with Crippen molar-refractivity contribution >= 4 is 0 Å². The Morgan fingerprint density at radius 2 is 2.31 bits per heavy atom. The van der Waals surface area contributed by atoms with Crippen LogP contribution in [0.3, 0.4) is 0 Å². The number of halogens is 3. The minimum atomic E-state index is -4.43.